The fraction of sp³-hybridized carbons (Fsp3) is 0.280. The Morgan fingerprint density at radius 1 is 1.09 bits per heavy atom. The first-order chi connectivity index (χ1) is 15.9. The fourth-order valence-electron chi connectivity index (χ4n) is 5.07. The minimum atomic E-state index is -3.86. The van der Waals surface area contributed by atoms with Crippen LogP contribution in [0.5, 0.6) is 5.75 Å². The number of rotatable bonds is 5. The van der Waals surface area contributed by atoms with Crippen molar-refractivity contribution in [1.29, 1.82) is 0 Å². The second kappa shape index (κ2) is 8.44. The Kier molecular flexibility index (Phi) is 5.60. The molecule has 0 aliphatic carbocycles. The minimum Gasteiger partial charge on any atom is -0.495 e. The Morgan fingerprint density at radius 3 is 2.55 bits per heavy atom. The van der Waals surface area contributed by atoms with Gasteiger partial charge in [0.05, 0.1) is 25.8 Å². The molecule has 1 fully saturated rings. The topological polar surface area (TPSA) is 78.9 Å². The summed E-state index contributed by atoms with van der Waals surface area (Å²) in [4.78, 5) is 0.128. The number of hydrogen-bond acceptors (Lipinski definition) is 5. The maximum absolute atomic E-state index is 13.8. The highest BCUT2D eigenvalue weighted by Crippen LogP contribution is 2.49. The van der Waals surface area contributed by atoms with Gasteiger partial charge in [-0.05, 0) is 59.5 Å². The lowest BCUT2D eigenvalue weighted by atomic mass is 9.82. The van der Waals surface area contributed by atoms with Crippen LogP contribution >= 0.6 is 0 Å². The number of aliphatic hydroxyl groups is 1. The van der Waals surface area contributed by atoms with Gasteiger partial charge in [0.15, 0.2) is 0 Å². The van der Waals surface area contributed by atoms with Crippen LogP contribution in [0.15, 0.2) is 71.6 Å². The third-order valence-corrected chi connectivity index (χ3v) is 8.58. The fourth-order valence-corrected chi connectivity index (χ4v) is 6.89. The van der Waals surface area contributed by atoms with Crippen molar-refractivity contribution >= 4 is 15.7 Å². The lowest BCUT2D eigenvalue weighted by molar-refractivity contribution is 0.210. The van der Waals surface area contributed by atoms with Gasteiger partial charge in [-0.1, -0.05) is 30.3 Å². The molecular weight excluding hydrogens is 443 g/mol. The van der Waals surface area contributed by atoms with E-state index >= 15 is 0 Å². The van der Waals surface area contributed by atoms with E-state index in [-0.39, 0.29) is 29.3 Å². The van der Waals surface area contributed by atoms with Crippen molar-refractivity contribution in [1.82, 2.24) is 4.31 Å². The molecule has 0 aromatic heterocycles. The van der Waals surface area contributed by atoms with Gasteiger partial charge in [0.1, 0.15) is 16.5 Å². The average molecular weight is 469 g/mol. The standard InChI is InChI=1S/C25H25FN2O4S/c1-32-23-4-2-3-5-24(23)33(30,31)28-13-12-19-22(15-29)27-21-11-8-17(14-20(21)25(19)28)16-6-9-18(26)10-7-16/h2-11,14,19,22,25,27,29H,12-13,15H2,1H3/t19-,22+,25-/m0/s1. The molecule has 0 spiro atoms. The first-order valence-corrected chi connectivity index (χ1v) is 12.3. The zero-order valence-electron chi connectivity index (χ0n) is 18.1. The van der Waals surface area contributed by atoms with Gasteiger partial charge in [-0.25, -0.2) is 12.8 Å². The number of methoxy groups -OCH3 is 1. The SMILES string of the molecule is COc1ccccc1S(=O)(=O)N1CC[C@@H]2[C@H]1c1cc(-c3ccc(F)cc3)ccc1N[C@@H]2CO. The maximum Gasteiger partial charge on any atom is 0.247 e. The highest BCUT2D eigenvalue weighted by atomic mass is 32.2. The van der Waals surface area contributed by atoms with Crippen LogP contribution in [0.3, 0.4) is 0 Å². The van der Waals surface area contributed by atoms with Crippen LogP contribution in [0, 0.1) is 11.7 Å². The highest BCUT2D eigenvalue weighted by Gasteiger charge is 2.49. The number of hydrogen-bond donors (Lipinski definition) is 2. The third-order valence-electron chi connectivity index (χ3n) is 6.66. The molecule has 2 heterocycles. The minimum absolute atomic E-state index is 0.0875. The van der Waals surface area contributed by atoms with Gasteiger partial charge >= 0.3 is 0 Å². The molecule has 5 rings (SSSR count). The lowest BCUT2D eigenvalue weighted by Gasteiger charge is -2.39. The summed E-state index contributed by atoms with van der Waals surface area (Å²) in [6.07, 6.45) is 0.623. The van der Waals surface area contributed by atoms with Crippen LogP contribution in [0.2, 0.25) is 0 Å². The molecule has 2 aliphatic heterocycles. The first-order valence-electron chi connectivity index (χ1n) is 10.9. The molecule has 0 bridgehead atoms. The van der Waals surface area contributed by atoms with Gasteiger partial charge in [-0.3, -0.25) is 0 Å². The third kappa shape index (κ3) is 3.68. The monoisotopic (exact) mass is 468 g/mol. The first kappa shape index (κ1) is 21.9. The molecule has 2 N–H and O–H groups in total. The molecule has 3 aromatic carbocycles. The molecule has 0 saturated carbocycles. The predicted octanol–water partition coefficient (Wildman–Crippen LogP) is 4.04. The second-order valence-corrected chi connectivity index (χ2v) is 10.3. The Labute approximate surface area is 192 Å². The Morgan fingerprint density at radius 2 is 1.82 bits per heavy atom. The summed E-state index contributed by atoms with van der Waals surface area (Å²) in [7, 11) is -2.40. The van der Waals surface area contributed by atoms with Gasteiger partial charge in [0, 0.05) is 18.2 Å². The van der Waals surface area contributed by atoms with Crippen molar-refractivity contribution in [3.63, 3.8) is 0 Å². The van der Waals surface area contributed by atoms with E-state index in [2.05, 4.69) is 5.32 Å². The number of sulfonamides is 1. The van der Waals surface area contributed by atoms with Crippen molar-refractivity contribution in [2.75, 3.05) is 25.6 Å². The molecule has 3 atom stereocenters. The highest BCUT2D eigenvalue weighted by molar-refractivity contribution is 7.89. The molecule has 0 unspecified atom stereocenters. The van der Waals surface area contributed by atoms with Crippen LogP contribution in [0.25, 0.3) is 11.1 Å². The van der Waals surface area contributed by atoms with Gasteiger partial charge in [0.25, 0.3) is 0 Å². The Balaban J connectivity index is 1.62. The summed E-state index contributed by atoms with van der Waals surface area (Å²) in [5.74, 6) is -0.0987. The number of nitrogens with zero attached hydrogens (tertiary/aromatic N) is 1. The Bertz CT molecular complexity index is 1280. The van der Waals surface area contributed by atoms with Crippen LogP contribution in [-0.2, 0) is 10.0 Å². The van der Waals surface area contributed by atoms with E-state index in [1.54, 1.807) is 36.4 Å². The zero-order chi connectivity index (χ0) is 23.2. The lowest BCUT2D eigenvalue weighted by Crippen LogP contribution is -2.42. The largest absolute Gasteiger partial charge is 0.495 e. The van der Waals surface area contributed by atoms with E-state index in [0.29, 0.717) is 18.7 Å². The van der Waals surface area contributed by atoms with Crippen LogP contribution < -0.4 is 10.1 Å². The molecule has 172 valence electrons. The molecular formula is C25H25FN2O4S. The van der Waals surface area contributed by atoms with Crippen LogP contribution in [0.4, 0.5) is 10.1 Å². The number of ether oxygens (including phenoxy) is 1. The van der Waals surface area contributed by atoms with Crippen molar-refractivity contribution in [3.8, 4) is 16.9 Å². The summed E-state index contributed by atoms with van der Waals surface area (Å²) < 4.78 is 47.9. The average Bonchev–Trinajstić information content (AvgIpc) is 3.30. The number of benzene rings is 3. The summed E-state index contributed by atoms with van der Waals surface area (Å²) >= 11 is 0. The molecule has 33 heavy (non-hydrogen) atoms. The van der Waals surface area contributed by atoms with Gasteiger partial charge in [-0.15, -0.1) is 0 Å². The molecule has 8 heteroatoms. The Hall–Kier alpha value is -2.94. The molecule has 2 aliphatic rings. The number of fused-ring (bicyclic) bond motifs is 3. The van der Waals surface area contributed by atoms with E-state index in [1.165, 1.54) is 23.5 Å². The van der Waals surface area contributed by atoms with Crippen LogP contribution in [-0.4, -0.2) is 44.1 Å². The second-order valence-electron chi connectivity index (χ2n) is 8.41. The summed E-state index contributed by atoms with van der Waals surface area (Å²) in [5.41, 5.74) is 3.36. The number of nitrogens with one attached hydrogen (secondary N) is 1. The van der Waals surface area contributed by atoms with Gasteiger partial charge < -0.3 is 15.2 Å². The van der Waals surface area contributed by atoms with Crippen LogP contribution in [0.1, 0.15) is 18.0 Å². The maximum atomic E-state index is 13.8. The zero-order valence-corrected chi connectivity index (χ0v) is 18.9. The van der Waals surface area contributed by atoms with Gasteiger partial charge in [0.2, 0.25) is 10.0 Å². The van der Waals surface area contributed by atoms with Crippen molar-refractivity contribution in [2.45, 2.75) is 23.4 Å². The summed E-state index contributed by atoms with van der Waals surface area (Å²) in [5, 5.41) is 13.4. The molecule has 0 radical (unpaired) electrons. The van der Waals surface area contributed by atoms with E-state index in [4.69, 9.17) is 4.74 Å². The quantitative estimate of drug-likeness (QED) is 0.591. The van der Waals surface area contributed by atoms with E-state index in [1.807, 2.05) is 18.2 Å². The molecule has 6 nitrogen and oxygen atoms in total. The summed E-state index contributed by atoms with van der Waals surface area (Å²) in [6.45, 7) is 0.247. The summed E-state index contributed by atoms with van der Waals surface area (Å²) in [6, 6.07) is 17.9. The smallest absolute Gasteiger partial charge is 0.247 e. The molecule has 0 amide bonds. The molecule has 3 aromatic rings. The number of anilines is 1. The van der Waals surface area contributed by atoms with E-state index in [9.17, 15) is 17.9 Å². The number of halogens is 1. The van der Waals surface area contributed by atoms with E-state index < -0.39 is 16.1 Å². The van der Waals surface area contributed by atoms with Crippen molar-refractivity contribution in [2.24, 2.45) is 5.92 Å². The van der Waals surface area contributed by atoms with Crippen molar-refractivity contribution < 1.29 is 22.7 Å². The number of para-hydroxylation sites is 1. The van der Waals surface area contributed by atoms with Gasteiger partial charge in [-0.2, -0.15) is 4.31 Å². The van der Waals surface area contributed by atoms with E-state index in [0.717, 1.165) is 22.4 Å². The normalized spacial score (nSPS) is 22.3. The predicted molar refractivity (Wildman–Crippen MR) is 124 cm³/mol. The van der Waals surface area contributed by atoms with Crippen molar-refractivity contribution in [3.05, 3.63) is 78.1 Å². The molecule has 1 saturated heterocycles. The number of aliphatic hydroxyl groups excluding tert-OH is 1.